The van der Waals surface area contributed by atoms with Gasteiger partial charge in [-0.2, -0.15) is 5.26 Å². The van der Waals surface area contributed by atoms with Crippen molar-refractivity contribution in [2.45, 2.75) is 51.1 Å². The van der Waals surface area contributed by atoms with Crippen LogP contribution in [0.2, 0.25) is 0 Å². The van der Waals surface area contributed by atoms with E-state index in [-0.39, 0.29) is 5.54 Å². The van der Waals surface area contributed by atoms with Crippen LogP contribution in [0.25, 0.3) is 0 Å². The van der Waals surface area contributed by atoms with Crippen molar-refractivity contribution >= 4 is 0 Å². The van der Waals surface area contributed by atoms with Gasteiger partial charge in [-0.15, -0.1) is 0 Å². The highest BCUT2D eigenvalue weighted by atomic mass is 16.5. The van der Waals surface area contributed by atoms with E-state index in [1.807, 2.05) is 20.9 Å². The average Bonchev–Trinajstić information content (AvgIpc) is 2.53. The van der Waals surface area contributed by atoms with Crippen LogP contribution in [-0.2, 0) is 9.47 Å². The summed E-state index contributed by atoms with van der Waals surface area (Å²) in [5, 5.41) is 12.7. The van der Waals surface area contributed by atoms with Crippen LogP contribution in [0.4, 0.5) is 0 Å². The first kappa shape index (κ1) is 18.4. The Morgan fingerprint density at radius 2 is 1.86 bits per heavy atom. The molecule has 1 fully saturated rings. The zero-order chi connectivity index (χ0) is 15.6. The summed E-state index contributed by atoms with van der Waals surface area (Å²) < 4.78 is 11.0. The second-order valence-electron chi connectivity index (χ2n) is 5.62. The van der Waals surface area contributed by atoms with Crippen molar-refractivity contribution in [3.05, 3.63) is 0 Å². The number of hydrogen-bond acceptors (Lipinski definition) is 5. The number of hydrogen-bond donors (Lipinski definition) is 1. The van der Waals surface area contributed by atoms with Crippen molar-refractivity contribution in [1.29, 1.82) is 5.26 Å². The van der Waals surface area contributed by atoms with E-state index in [0.29, 0.717) is 6.04 Å². The maximum absolute atomic E-state index is 9.49. The van der Waals surface area contributed by atoms with Gasteiger partial charge in [-0.05, 0) is 46.6 Å². The smallest absolute Gasteiger partial charge is 0.108 e. The van der Waals surface area contributed by atoms with Crippen LogP contribution >= 0.6 is 0 Å². The molecule has 0 aromatic carbocycles. The van der Waals surface area contributed by atoms with Crippen molar-refractivity contribution in [3.8, 4) is 6.07 Å². The third-order valence-electron chi connectivity index (χ3n) is 4.39. The highest BCUT2D eigenvalue weighted by Gasteiger charge is 2.37. The monoisotopic (exact) mass is 297 g/mol. The first-order valence-electron chi connectivity index (χ1n) is 8.21. The molecule has 5 heteroatoms. The lowest BCUT2D eigenvalue weighted by Gasteiger charge is -2.41. The molecular weight excluding hydrogens is 266 g/mol. The zero-order valence-electron chi connectivity index (χ0n) is 13.9. The van der Waals surface area contributed by atoms with Gasteiger partial charge in [-0.3, -0.25) is 4.90 Å². The molecule has 0 saturated heterocycles. The van der Waals surface area contributed by atoms with Crippen molar-refractivity contribution < 1.29 is 9.47 Å². The molecule has 0 radical (unpaired) electrons. The van der Waals surface area contributed by atoms with Gasteiger partial charge in [0.1, 0.15) is 5.54 Å². The number of nitrogens with zero attached hydrogens (tertiary/aromatic N) is 2. The zero-order valence-corrected chi connectivity index (χ0v) is 13.9. The Morgan fingerprint density at radius 3 is 2.33 bits per heavy atom. The molecule has 0 spiro atoms. The number of rotatable bonds is 10. The second kappa shape index (κ2) is 10.1. The van der Waals surface area contributed by atoms with Gasteiger partial charge in [0.25, 0.3) is 0 Å². The summed E-state index contributed by atoms with van der Waals surface area (Å²) in [6, 6.07) is 2.92. The van der Waals surface area contributed by atoms with Crippen molar-refractivity contribution in [2.24, 2.45) is 0 Å². The van der Waals surface area contributed by atoms with E-state index in [4.69, 9.17) is 9.47 Å². The average molecular weight is 297 g/mol. The molecule has 1 aliphatic carbocycles. The molecule has 1 N–H and O–H groups in total. The fourth-order valence-corrected chi connectivity index (χ4v) is 3.07. The summed E-state index contributed by atoms with van der Waals surface area (Å²) in [6.45, 7) is 8.87. The van der Waals surface area contributed by atoms with Crippen LogP contribution in [0.3, 0.4) is 0 Å². The molecule has 5 nitrogen and oxygen atoms in total. The molecular formula is C16H31N3O2. The number of nitriles is 1. The lowest BCUT2D eigenvalue weighted by molar-refractivity contribution is 0.0440. The SMILES string of the molecule is CCOCCN(CCOCC)C1CCCC(C#N)(NC)C1. The fraction of sp³-hybridized carbons (Fsp3) is 0.938. The molecule has 0 aromatic heterocycles. The van der Waals surface area contributed by atoms with Crippen LogP contribution in [0.1, 0.15) is 39.5 Å². The van der Waals surface area contributed by atoms with Gasteiger partial charge in [0.2, 0.25) is 0 Å². The van der Waals surface area contributed by atoms with E-state index in [1.54, 1.807) is 0 Å². The molecule has 122 valence electrons. The summed E-state index contributed by atoms with van der Waals surface area (Å²) in [5.74, 6) is 0. The maximum atomic E-state index is 9.49. The van der Waals surface area contributed by atoms with E-state index in [9.17, 15) is 5.26 Å². The summed E-state index contributed by atoms with van der Waals surface area (Å²) >= 11 is 0. The summed E-state index contributed by atoms with van der Waals surface area (Å²) in [5.41, 5.74) is -0.363. The first-order chi connectivity index (χ1) is 10.2. The van der Waals surface area contributed by atoms with Crippen LogP contribution < -0.4 is 5.32 Å². The van der Waals surface area contributed by atoms with E-state index in [2.05, 4.69) is 16.3 Å². The minimum Gasteiger partial charge on any atom is -0.380 e. The van der Waals surface area contributed by atoms with Gasteiger partial charge >= 0.3 is 0 Å². The fourth-order valence-electron chi connectivity index (χ4n) is 3.07. The summed E-state index contributed by atoms with van der Waals surface area (Å²) in [7, 11) is 1.90. The number of ether oxygens (including phenoxy) is 2. The lowest BCUT2D eigenvalue weighted by Crippen LogP contribution is -2.52. The van der Waals surface area contributed by atoms with Crippen molar-refractivity contribution in [1.82, 2.24) is 10.2 Å². The molecule has 0 aromatic rings. The highest BCUT2D eigenvalue weighted by molar-refractivity contribution is 5.10. The third kappa shape index (κ3) is 5.91. The molecule has 1 aliphatic rings. The largest absolute Gasteiger partial charge is 0.380 e. The Morgan fingerprint density at radius 1 is 1.24 bits per heavy atom. The minimum atomic E-state index is -0.363. The van der Waals surface area contributed by atoms with E-state index in [1.165, 1.54) is 0 Å². The predicted octanol–water partition coefficient (Wildman–Crippen LogP) is 1.79. The minimum absolute atomic E-state index is 0.363. The Labute approximate surface area is 129 Å². The molecule has 0 amide bonds. The Balaban J connectivity index is 2.60. The molecule has 0 aliphatic heterocycles. The normalized spacial score (nSPS) is 26.0. The van der Waals surface area contributed by atoms with Crippen LogP contribution in [0.5, 0.6) is 0 Å². The molecule has 0 heterocycles. The van der Waals surface area contributed by atoms with E-state index < -0.39 is 0 Å². The van der Waals surface area contributed by atoms with Crippen LogP contribution in [0, 0.1) is 11.3 Å². The lowest BCUT2D eigenvalue weighted by atomic mass is 9.79. The molecule has 1 rings (SSSR count). The molecule has 0 bridgehead atoms. The summed E-state index contributed by atoms with van der Waals surface area (Å²) in [6.07, 6.45) is 4.09. The Kier molecular flexibility index (Phi) is 8.86. The molecule has 2 atom stereocenters. The third-order valence-corrected chi connectivity index (χ3v) is 4.39. The second-order valence-corrected chi connectivity index (χ2v) is 5.62. The first-order valence-corrected chi connectivity index (χ1v) is 8.21. The summed E-state index contributed by atoms with van der Waals surface area (Å²) in [4.78, 5) is 2.44. The van der Waals surface area contributed by atoms with Crippen molar-refractivity contribution in [2.75, 3.05) is 46.6 Å². The molecule has 2 unspecified atom stereocenters. The van der Waals surface area contributed by atoms with Crippen LogP contribution in [0.15, 0.2) is 0 Å². The van der Waals surface area contributed by atoms with Gasteiger partial charge < -0.3 is 14.8 Å². The molecule has 1 saturated carbocycles. The van der Waals surface area contributed by atoms with Gasteiger partial charge in [-0.1, -0.05) is 0 Å². The van der Waals surface area contributed by atoms with E-state index >= 15 is 0 Å². The quantitative estimate of drug-likeness (QED) is 0.623. The van der Waals surface area contributed by atoms with Gasteiger partial charge in [0.15, 0.2) is 0 Å². The van der Waals surface area contributed by atoms with Gasteiger partial charge in [0, 0.05) is 32.3 Å². The standard InChI is InChI=1S/C16H31N3O2/c1-4-20-11-9-19(10-12-21-5-2)15-7-6-8-16(13-15,14-17)18-3/h15,18H,4-13H2,1-3H3. The Hall–Kier alpha value is -0.670. The molecule has 21 heavy (non-hydrogen) atoms. The predicted molar refractivity (Wildman–Crippen MR) is 84.2 cm³/mol. The Bertz CT molecular complexity index is 309. The topological polar surface area (TPSA) is 57.5 Å². The van der Waals surface area contributed by atoms with Crippen molar-refractivity contribution in [3.63, 3.8) is 0 Å². The number of nitrogens with one attached hydrogen (secondary N) is 1. The van der Waals surface area contributed by atoms with E-state index in [0.717, 1.165) is 65.2 Å². The highest BCUT2D eigenvalue weighted by Crippen LogP contribution is 2.30. The van der Waals surface area contributed by atoms with Gasteiger partial charge in [0.05, 0.1) is 19.3 Å². The van der Waals surface area contributed by atoms with Gasteiger partial charge in [-0.25, -0.2) is 0 Å². The van der Waals surface area contributed by atoms with Crippen LogP contribution in [-0.4, -0.2) is 63.0 Å². The maximum Gasteiger partial charge on any atom is 0.108 e.